The van der Waals surface area contributed by atoms with Gasteiger partial charge in [0, 0.05) is 27.2 Å². The Labute approximate surface area is 122 Å². The number of aliphatic hydroxyl groups is 1. The van der Waals surface area contributed by atoms with Crippen molar-refractivity contribution in [3.63, 3.8) is 0 Å². The van der Waals surface area contributed by atoms with E-state index in [1.54, 1.807) is 6.92 Å². The maximum absolute atomic E-state index is 9.25. The first kappa shape index (κ1) is 22.2. The van der Waals surface area contributed by atoms with Crippen LogP contribution in [0.3, 0.4) is 0 Å². The average molecular weight is 343 g/mol. The molecule has 10 nitrogen and oxygen atoms in total. The minimum Gasteiger partial charge on any atom is -0.759 e. The van der Waals surface area contributed by atoms with Crippen molar-refractivity contribution in [2.24, 2.45) is 5.73 Å². The molecule has 1 atom stereocenters. The molecule has 1 rings (SSSR count). The Bertz CT molecular complexity index is 544. The van der Waals surface area contributed by atoms with Gasteiger partial charge in [0.05, 0.1) is 0 Å². The first-order chi connectivity index (χ1) is 9.08. The molecule has 0 fully saturated rings. The lowest BCUT2D eigenvalue weighted by molar-refractivity contribution is 0.0677. The molecule has 124 valence electrons. The molecule has 0 spiro atoms. The lowest BCUT2D eigenvalue weighted by atomic mass is 10.1. The average Bonchev–Trinajstić information content (AvgIpc) is 2.10. The van der Waals surface area contributed by atoms with Crippen molar-refractivity contribution in [1.82, 2.24) is 0 Å². The zero-order valence-electron chi connectivity index (χ0n) is 10.7. The van der Waals surface area contributed by atoms with E-state index in [1.807, 2.05) is 30.3 Å². The van der Waals surface area contributed by atoms with Gasteiger partial charge >= 0.3 is 0 Å². The SMILES string of the molecule is CC(N)(O)Cc1ccccc1.O=S(=O)([O-])[O-].O=S(=O)([O-])[O-]. The smallest absolute Gasteiger partial charge is 0.114 e. The molecule has 21 heavy (non-hydrogen) atoms. The molecule has 3 N–H and O–H groups in total. The molecule has 1 aromatic carbocycles. The van der Waals surface area contributed by atoms with Crippen LogP contribution in [0.1, 0.15) is 12.5 Å². The first-order valence-electron chi connectivity index (χ1n) is 4.96. The van der Waals surface area contributed by atoms with Crippen LogP contribution < -0.4 is 5.73 Å². The third kappa shape index (κ3) is 38.1. The number of hydrogen-bond acceptors (Lipinski definition) is 10. The summed E-state index contributed by atoms with van der Waals surface area (Å²) in [7, 11) is -10.3. The third-order valence-electron chi connectivity index (χ3n) is 1.40. The van der Waals surface area contributed by atoms with Gasteiger partial charge in [-0.3, -0.25) is 16.8 Å². The normalized spacial score (nSPS) is 13.9. The van der Waals surface area contributed by atoms with Crippen LogP contribution in [-0.4, -0.2) is 45.9 Å². The van der Waals surface area contributed by atoms with Gasteiger partial charge < -0.3 is 29.1 Å². The summed E-state index contributed by atoms with van der Waals surface area (Å²) >= 11 is 0. The van der Waals surface area contributed by atoms with E-state index in [4.69, 9.17) is 40.8 Å². The summed E-state index contributed by atoms with van der Waals surface area (Å²) in [6.07, 6.45) is 0.494. The third-order valence-corrected chi connectivity index (χ3v) is 1.40. The highest BCUT2D eigenvalue weighted by molar-refractivity contribution is 7.79. The maximum Gasteiger partial charge on any atom is 0.114 e. The summed E-state index contributed by atoms with van der Waals surface area (Å²) in [5.74, 6) is 0. The van der Waals surface area contributed by atoms with Crippen LogP contribution >= 0.6 is 0 Å². The van der Waals surface area contributed by atoms with Crippen molar-refractivity contribution < 1.29 is 40.2 Å². The van der Waals surface area contributed by atoms with E-state index < -0.39 is 26.5 Å². The van der Waals surface area contributed by atoms with E-state index in [-0.39, 0.29) is 0 Å². The van der Waals surface area contributed by atoms with E-state index in [9.17, 15) is 5.11 Å². The van der Waals surface area contributed by atoms with Gasteiger partial charge in [-0.25, -0.2) is 0 Å². The summed E-state index contributed by atoms with van der Waals surface area (Å²) < 4.78 is 68.2. The molecule has 1 aromatic rings. The minimum atomic E-state index is -5.17. The number of benzene rings is 1. The van der Waals surface area contributed by atoms with Crippen LogP contribution in [0.25, 0.3) is 0 Å². The zero-order chi connectivity index (χ0) is 17.3. The van der Waals surface area contributed by atoms with Crippen molar-refractivity contribution in [3.05, 3.63) is 35.9 Å². The van der Waals surface area contributed by atoms with Gasteiger partial charge in [-0.15, -0.1) is 0 Å². The Kier molecular flexibility index (Phi) is 9.51. The topological polar surface area (TPSA) is 207 Å². The van der Waals surface area contributed by atoms with Crippen molar-refractivity contribution in [3.8, 4) is 0 Å². The van der Waals surface area contributed by atoms with E-state index >= 15 is 0 Å². The Morgan fingerprint density at radius 2 is 1.29 bits per heavy atom. The van der Waals surface area contributed by atoms with Gasteiger partial charge in [-0.05, 0) is 12.5 Å². The fourth-order valence-corrected chi connectivity index (χ4v) is 1.01. The molecule has 1 unspecified atom stereocenters. The fraction of sp³-hybridized carbons (Fsp3) is 0.333. The quantitative estimate of drug-likeness (QED) is 0.350. The van der Waals surface area contributed by atoms with Crippen molar-refractivity contribution in [1.29, 1.82) is 0 Å². The molecule has 0 heterocycles. The van der Waals surface area contributed by atoms with Gasteiger partial charge in [-0.1, -0.05) is 30.3 Å². The van der Waals surface area contributed by atoms with Gasteiger partial charge in [0.2, 0.25) is 0 Å². The summed E-state index contributed by atoms with van der Waals surface area (Å²) in [6.45, 7) is 1.60. The van der Waals surface area contributed by atoms with Crippen LogP contribution in [-0.2, 0) is 27.2 Å². The van der Waals surface area contributed by atoms with Gasteiger partial charge in [-0.2, -0.15) is 0 Å². The van der Waals surface area contributed by atoms with Crippen LogP contribution in [0.5, 0.6) is 0 Å². The highest BCUT2D eigenvalue weighted by atomic mass is 32.3. The second-order valence-corrected chi connectivity index (χ2v) is 5.47. The molecule has 0 saturated carbocycles. The van der Waals surface area contributed by atoms with E-state index in [1.165, 1.54) is 0 Å². The first-order valence-corrected chi connectivity index (χ1v) is 7.63. The molecule has 0 aromatic heterocycles. The van der Waals surface area contributed by atoms with Crippen LogP contribution in [0.15, 0.2) is 30.3 Å². The Morgan fingerprint density at radius 1 is 1.00 bits per heavy atom. The molecule has 0 aliphatic rings. The van der Waals surface area contributed by atoms with Crippen molar-refractivity contribution in [2.75, 3.05) is 0 Å². The molecule has 0 saturated heterocycles. The van der Waals surface area contributed by atoms with Crippen molar-refractivity contribution in [2.45, 2.75) is 19.1 Å². The second-order valence-electron chi connectivity index (χ2n) is 3.84. The largest absolute Gasteiger partial charge is 0.759 e. The van der Waals surface area contributed by atoms with Gasteiger partial charge in [0.15, 0.2) is 0 Å². The number of rotatable bonds is 2. The number of hydrogen-bond donors (Lipinski definition) is 2. The Balaban J connectivity index is 0. The maximum atomic E-state index is 9.25. The molecule has 0 aliphatic carbocycles. The van der Waals surface area contributed by atoms with Gasteiger partial charge in [0.1, 0.15) is 5.72 Å². The molecule has 0 amide bonds. The van der Waals surface area contributed by atoms with Crippen molar-refractivity contribution >= 4 is 20.8 Å². The summed E-state index contributed by atoms with van der Waals surface area (Å²) in [4.78, 5) is 0. The van der Waals surface area contributed by atoms with Gasteiger partial charge in [0.25, 0.3) is 0 Å². The standard InChI is InChI=1S/C9H13NO.2H2O4S/c1-9(10,11)7-8-5-3-2-4-6-8;2*1-5(2,3)4/h2-6,11H,7,10H2,1H3;2*(H2,1,2,3,4)/p-4. The minimum absolute atomic E-state index is 0.494. The van der Waals surface area contributed by atoms with E-state index in [0.717, 1.165) is 5.56 Å². The Hall–Kier alpha value is -1.12. The van der Waals surface area contributed by atoms with Crippen LogP contribution in [0.4, 0.5) is 0 Å². The molecule has 0 aliphatic heterocycles. The summed E-state index contributed by atoms with van der Waals surface area (Å²) in [5.41, 5.74) is 5.38. The van der Waals surface area contributed by atoms with Crippen LogP contribution in [0, 0.1) is 0 Å². The monoisotopic (exact) mass is 343 g/mol. The predicted molar refractivity (Wildman–Crippen MR) is 65.9 cm³/mol. The lowest BCUT2D eigenvalue weighted by Crippen LogP contribution is -2.37. The highest BCUT2D eigenvalue weighted by Gasteiger charge is 2.12. The second kappa shape index (κ2) is 9.01. The molecule has 0 radical (unpaired) electrons. The Morgan fingerprint density at radius 3 is 1.52 bits per heavy atom. The molecular weight excluding hydrogens is 330 g/mol. The molecular formula is C9H13NO9S2-4. The highest BCUT2D eigenvalue weighted by Crippen LogP contribution is 2.06. The van der Waals surface area contributed by atoms with Crippen LogP contribution in [0.2, 0.25) is 0 Å². The fourth-order valence-electron chi connectivity index (χ4n) is 1.01. The number of nitrogens with two attached hydrogens (primary N) is 1. The molecule has 12 heteroatoms. The predicted octanol–water partition coefficient (Wildman–Crippen LogP) is -1.78. The zero-order valence-corrected chi connectivity index (χ0v) is 12.3. The lowest BCUT2D eigenvalue weighted by Gasteiger charge is -2.16. The van der Waals surface area contributed by atoms with E-state index in [0.29, 0.717) is 6.42 Å². The summed E-state index contributed by atoms with van der Waals surface area (Å²) in [6, 6.07) is 9.69. The molecule has 0 bridgehead atoms. The summed E-state index contributed by atoms with van der Waals surface area (Å²) in [5, 5.41) is 9.25. The van der Waals surface area contributed by atoms with E-state index in [2.05, 4.69) is 0 Å².